The normalized spacial score (nSPS) is 9.69. The lowest BCUT2D eigenvalue weighted by Gasteiger charge is -1.93. The molecule has 5 heteroatoms. The number of rotatable bonds is 4. The maximum Gasteiger partial charge on any atom is 0.0929 e. The molecule has 170 valence electrons. The number of hydrogen-bond donors (Lipinski definition) is 0. The third-order valence-corrected chi connectivity index (χ3v) is 6.31. The van der Waals surface area contributed by atoms with Crippen LogP contribution in [0.25, 0.3) is 21.8 Å². The zero-order chi connectivity index (χ0) is 23.6. The largest absolute Gasteiger partial charge is 0.256 e. The van der Waals surface area contributed by atoms with Crippen LogP contribution in [-0.2, 0) is 12.8 Å². The van der Waals surface area contributed by atoms with Crippen molar-refractivity contribution in [1.29, 1.82) is 0 Å². The lowest BCUT2D eigenvalue weighted by Crippen LogP contribution is -1.77. The van der Waals surface area contributed by atoms with Crippen LogP contribution in [0, 0.1) is 0 Å². The molecule has 0 atom stereocenters. The molecule has 0 saturated carbocycles. The number of allylic oxidation sites excluding steroid dienone is 2. The highest BCUT2D eigenvalue weighted by Crippen LogP contribution is 2.24. The van der Waals surface area contributed by atoms with Gasteiger partial charge < -0.3 is 0 Å². The predicted octanol–water partition coefficient (Wildman–Crippen LogP) is 8.75. The average molecular weight is 466 g/mol. The topological polar surface area (TPSA) is 38.7 Å². The molecule has 4 heterocycles. The Hall–Kier alpha value is -2.63. The minimum absolute atomic E-state index is 0.998. The van der Waals surface area contributed by atoms with Gasteiger partial charge in [0.2, 0.25) is 0 Å². The Kier molecular flexibility index (Phi) is 14.5. The first-order chi connectivity index (χ1) is 15.7. The maximum absolute atomic E-state index is 4.30. The van der Waals surface area contributed by atoms with Gasteiger partial charge in [0.1, 0.15) is 0 Å². The summed E-state index contributed by atoms with van der Waals surface area (Å²) in [6.45, 7) is 12.3. The number of nitrogens with zero attached hydrogens (tertiary/aromatic N) is 3. The minimum Gasteiger partial charge on any atom is -0.256 e. The Morgan fingerprint density at radius 2 is 1.44 bits per heavy atom. The molecule has 32 heavy (non-hydrogen) atoms. The molecule has 0 aromatic carbocycles. The minimum atomic E-state index is 0.998. The number of thiophene rings is 1. The molecule has 0 N–H and O–H groups in total. The second-order valence-electron chi connectivity index (χ2n) is 6.22. The van der Waals surface area contributed by atoms with Crippen molar-refractivity contribution in [3.05, 3.63) is 88.5 Å². The van der Waals surface area contributed by atoms with Crippen molar-refractivity contribution in [1.82, 2.24) is 15.0 Å². The molecule has 0 saturated heterocycles. The van der Waals surface area contributed by atoms with Crippen molar-refractivity contribution < 1.29 is 0 Å². The van der Waals surface area contributed by atoms with E-state index in [2.05, 4.69) is 40.2 Å². The SMILES string of the molecule is CC.CC=CC.CCc1cc(-c2ccccn2)cs1.CCc1ncc(-c2ccccn2)s1. The first-order valence-corrected chi connectivity index (χ1v) is 12.8. The van der Waals surface area contributed by atoms with Gasteiger partial charge in [-0.2, -0.15) is 0 Å². The van der Waals surface area contributed by atoms with Crippen LogP contribution in [0.2, 0.25) is 0 Å². The smallest absolute Gasteiger partial charge is 0.0929 e. The van der Waals surface area contributed by atoms with E-state index < -0.39 is 0 Å². The number of aryl methyl sites for hydroxylation is 2. The lowest BCUT2D eigenvalue weighted by molar-refractivity contribution is 1.09. The van der Waals surface area contributed by atoms with E-state index >= 15 is 0 Å². The summed E-state index contributed by atoms with van der Waals surface area (Å²) >= 11 is 3.52. The number of thiazole rings is 1. The Morgan fingerprint density at radius 3 is 1.88 bits per heavy atom. The molecule has 0 amide bonds. The first kappa shape index (κ1) is 27.4. The molecule has 0 aliphatic rings. The van der Waals surface area contributed by atoms with E-state index in [9.17, 15) is 0 Å². The third kappa shape index (κ3) is 9.67. The molecule has 0 aliphatic heterocycles. The first-order valence-electron chi connectivity index (χ1n) is 11.1. The van der Waals surface area contributed by atoms with Gasteiger partial charge in [0.25, 0.3) is 0 Å². The van der Waals surface area contributed by atoms with E-state index in [-0.39, 0.29) is 0 Å². The van der Waals surface area contributed by atoms with E-state index in [0.29, 0.717) is 0 Å². The Labute approximate surface area is 202 Å². The Morgan fingerprint density at radius 1 is 0.812 bits per heavy atom. The summed E-state index contributed by atoms with van der Waals surface area (Å²) in [5.74, 6) is 0. The molecule has 3 nitrogen and oxygen atoms in total. The molecule has 0 bridgehead atoms. The van der Waals surface area contributed by atoms with Gasteiger partial charge in [0.15, 0.2) is 0 Å². The third-order valence-electron chi connectivity index (χ3n) is 4.07. The average Bonchev–Trinajstić information content (AvgIpc) is 3.57. The van der Waals surface area contributed by atoms with Crippen LogP contribution in [0.3, 0.4) is 0 Å². The summed E-state index contributed by atoms with van der Waals surface area (Å²) in [5, 5.41) is 3.34. The summed E-state index contributed by atoms with van der Waals surface area (Å²) < 4.78 is 0. The summed E-state index contributed by atoms with van der Waals surface area (Å²) in [6, 6.07) is 14.1. The van der Waals surface area contributed by atoms with Crippen LogP contribution in [-0.4, -0.2) is 15.0 Å². The van der Waals surface area contributed by atoms with Gasteiger partial charge in [-0.05, 0) is 57.0 Å². The van der Waals surface area contributed by atoms with Gasteiger partial charge in [-0.1, -0.05) is 52.0 Å². The van der Waals surface area contributed by atoms with Crippen LogP contribution in [0.5, 0.6) is 0 Å². The van der Waals surface area contributed by atoms with Crippen LogP contribution < -0.4 is 0 Å². The van der Waals surface area contributed by atoms with E-state index in [0.717, 1.165) is 29.1 Å². The summed E-state index contributed by atoms with van der Waals surface area (Å²) in [5.41, 5.74) is 3.32. The van der Waals surface area contributed by atoms with Gasteiger partial charge in [-0.15, -0.1) is 22.7 Å². The van der Waals surface area contributed by atoms with Crippen LogP contribution in [0.15, 0.2) is 78.6 Å². The van der Waals surface area contributed by atoms with Crippen LogP contribution >= 0.6 is 22.7 Å². The molecule has 4 aromatic heterocycles. The second kappa shape index (κ2) is 17.0. The van der Waals surface area contributed by atoms with Crippen LogP contribution in [0.1, 0.15) is 51.4 Å². The van der Waals surface area contributed by atoms with Crippen molar-refractivity contribution in [3.63, 3.8) is 0 Å². The second-order valence-corrected chi connectivity index (χ2v) is 8.33. The van der Waals surface area contributed by atoms with Crippen molar-refractivity contribution in [2.75, 3.05) is 0 Å². The summed E-state index contributed by atoms with van der Waals surface area (Å²) in [4.78, 5) is 15.4. The van der Waals surface area contributed by atoms with Crippen molar-refractivity contribution >= 4 is 22.7 Å². The number of aromatic nitrogens is 3. The zero-order valence-corrected chi connectivity index (χ0v) is 21.7. The van der Waals surface area contributed by atoms with Gasteiger partial charge >= 0.3 is 0 Å². The van der Waals surface area contributed by atoms with Crippen molar-refractivity contribution in [2.45, 2.75) is 54.4 Å². The predicted molar refractivity (Wildman–Crippen MR) is 143 cm³/mol. The summed E-state index contributed by atoms with van der Waals surface area (Å²) in [6.07, 6.45) is 11.6. The van der Waals surface area contributed by atoms with Gasteiger partial charge in [-0.25, -0.2) is 4.98 Å². The summed E-state index contributed by atoms with van der Waals surface area (Å²) in [7, 11) is 0. The van der Waals surface area contributed by atoms with E-state index in [1.807, 2.05) is 88.6 Å². The molecular formula is C27H35N3S2. The molecule has 4 aromatic rings. The highest BCUT2D eigenvalue weighted by atomic mass is 32.1. The van der Waals surface area contributed by atoms with E-state index in [4.69, 9.17) is 0 Å². The molecule has 0 spiro atoms. The molecule has 4 rings (SSSR count). The maximum atomic E-state index is 4.30. The lowest BCUT2D eigenvalue weighted by atomic mass is 10.2. The highest BCUT2D eigenvalue weighted by molar-refractivity contribution is 7.15. The van der Waals surface area contributed by atoms with Crippen molar-refractivity contribution in [3.8, 4) is 21.8 Å². The Balaban J connectivity index is 0.000000258. The molecule has 0 unspecified atom stereocenters. The molecule has 0 radical (unpaired) electrons. The monoisotopic (exact) mass is 465 g/mol. The quantitative estimate of drug-likeness (QED) is 0.283. The van der Waals surface area contributed by atoms with Crippen LogP contribution in [0.4, 0.5) is 0 Å². The number of hydrogen-bond acceptors (Lipinski definition) is 5. The highest BCUT2D eigenvalue weighted by Gasteiger charge is 2.02. The fraction of sp³-hybridized carbons (Fsp3) is 0.296. The standard InChI is InChI=1S/C11H11NS.C10H10N2S.C4H8.C2H6/c1-2-10-7-9(8-13-10)11-5-3-4-6-12-11;1-2-10-12-7-9(13-10)8-5-3-4-6-11-8;1-3-4-2;1-2/h3-8H,2H2,1H3;3-7H,2H2,1H3;3-4H,1-2H3;1-2H3. The van der Waals surface area contributed by atoms with E-state index in [1.54, 1.807) is 28.9 Å². The van der Waals surface area contributed by atoms with Gasteiger partial charge in [0.05, 0.1) is 21.3 Å². The van der Waals surface area contributed by atoms with Gasteiger partial charge in [0, 0.05) is 34.4 Å². The molecule has 0 fully saturated rings. The fourth-order valence-electron chi connectivity index (χ4n) is 2.33. The zero-order valence-electron chi connectivity index (χ0n) is 20.1. The van der Waals surface area contributed by atoms with Gasteiger partial charge in [-0.3, -0.25) is 9.97 Å². The van der Waals surface area contributed by atoms with E-state index in [1.165, 1.54) is 15.4 Å². The molecule has 0 aliphatic carbocycles. The molecular weight excluding hydrogens is 430 g/mol. The van der Waals surface area contributed by atoms with Crippen molar-refractivity contribution in [2.24, 2.45) is 0 Å². The number of pyridine rings is 2. The fourth-order valence-corrected chi connectivity index (χ4v) is 4.00. The Bertz CT molecular complexity index is 908.